The summed E-state index contributed by atoms with van der Waals surface area (Å²) in [7, 11) is 0. The predicted octanol–water partition coefficient (Wildman–Crippen LogP) is 0.914. The predicted molar refractivity (Wildman–Crippen MR) is 55.2 cm³/mol. The van der Waals surface area contributed by atoms with Crippen LogP contribution in [0.1, 0.15) is 33.1 Å². The number of ether oxygens (including phenoxy) is 1. The van der Waals surface area contributed by atoms with Crippen molar-refractivity contribution in [2.75, 3.05) is 13.2 Å². The molecule has 3 heteroatoms. The third-order valence-corrected chi connectivity index (χ3v) is 3.72. The summed E-state index contributed by atoms with van der Waals surface area (Å²) >= 11 is 0. The zero-order valence-electron chi connectivity index (χ0n) is 9.12. The zero-order chi connectivity index (χ0) is 10.2. The van der Waals surface area contributed by atoms with Crippen molar-refractivity contribution in [3.8, 4) is 0 Å². The highest BCUT2D eigenvalue weighted by atomic mass is 16.5. The quantitative estimate of drug-likeness (QED) is 0.707. The Kier molecular flexibility index (Phi) is 2.82. The Hall–Kier alpha value is -0.120. The Morgan fingerprint density at radius 2 is 2.29 bits per heavy atom. The molecule has 1 aliphatic carbocycles. The van der Waals surface area contributed by atoms with Crippen molar-refractivity contribution < 1.29 is 9.84 Å². The Morgan fingerprint density at radius 3 is 2.79 bits per heavy atom. The standard InChI is InChI=1S/C11H21NO2/c1-8(10-3-4-10)12-7-11(13)5-6-14-9(11)2/h8-10,12-13H,3-7H2,1-2H3. The van der Waals surface area contributed by atoms with Gasteiger partial charge < -0.3 is 15.2 Å². The van der Waals surface area contributed by atoms with Crippen molar-refractivity contribution in [2.45, 2.75) is 50.9 Å². The number of rotatable bonds is 4. The van der Waals surface area contributed by atoms with Crippen LogP contribution in [0.15, 0.2) is 0 Å². The summed E-state index contributed by atoms with van der Waals surface area (Å²) in [5, 5.41) is 13.7. The molecule has 0 aromatic rings. The molecule has 2 aliphatic rings. The van der Waals surface area contributed by atoms with Crippen molar-refractivity contribution >= 4 is 0 Å². The van der Waals surface area contributed by atoms with Gasteiger partial charge in [-0.05, 0) is 32.6 Å². The summed E-state index contributed by atoms with van der Waals surface area (Å²) < 4.78 is 5.39. The fraction of sp³-hybridized carbons (Fsp3) is 1.00. The monoisotopic (exact) mass is 199 g/mol. The van der Waals surface area contributed by atoms with Gasteiger partial charge in [0.25, 0.3) is 0 Å². The molecule has 0 amide bonds. The molecule has 1 saturated carbocycles. The lowest BCUT2D eigenvalue weighted by molar-refractivity contribution is -0.0277. The molecule has 0 aromatic heterocycles. The summed E-state index contributed by atoms with van der Waals surface area (Å²) in [4.78, 5) is 0. The molecule has 2 rings (SSSR count). The fourth-order valence-corrected chi connectivity index (χ4v) is 2.10. The van der Waals surface area contributed by atoms with Gasteiger partial charge in [-0.2, -0.15) is 0 Å². The van der Waals surface area contributed by atoms with Crippen LogP contribution < -0.4 is 5.32 Å². The molecule has 82 valence electrons. The highest BCUT2D eigenvalue weighted by molar-refractivity contribution is 4.93. The average molecular weight is 199 g/mol. The van der Waals surface area contributed by atoms with Crippen molar-refractivity contribution in [1.82, 2.24) is 5.32 Å². The van der Waals surface area contributed by atoms with E-state index >= 15 is 0 Å². The zero-order valence-corrected chi connectivity index (χ0v) is 9.12. The Morgan fingerprint density at radius 1 is 1.57 bits per heavy atom. The van der Waals surface area contributed by atoms with E-state index in [1.807, 2.05) is 6.92 Å². The van der Waals surface area contributed by atoms with Gasteiger partial charge in [0.1, 0.15) is 5.60 Å². The molecule has 0 bridgehead atoms. The summed E-state index contributed by atoms with van der Waals surface area (Å²) in [6.45, 7) is 5.53. The SMILES string of the molecule is CC(NCC1(O)CCOC1C)C1CC1. The molecule has 3 atom stereocenters. The summed E-state index contributed by atoms with van der Waals surface area (Å²) in [5.74, 6) is 0.844. The van der Waals surface area contributed by atoms with Gasteiger partial charge in [0.05, 0.1) is 6.10 Å². The minimum atomic E-state index is -0.636. The Bertz CT molecular complexity index is 205. The van der Waals surface area contributed by atoms with Crippen LogP contribution in [0, 0.1) is 5.92 Å². The van der Waals surface area contributed by atoms with E-state index in [0.29, 0.717) is 19.2 Å². The van der Waals surface area contributed by atoms with E-state index in [1.54, 1.807) is 0 Å². The van der Waals surface area contributed by atoms with Crippen molar-refractivity contribution in [3.05, 3.63) is 0 Å². The topological polar surface area (TPSA) is 41.5 Å². The minimum Gasteiger partial charge on any atom is -0.386 e. The molecular weight excluding hydrogens is 178 g/mol. The summed E-state index contributed by atoms with van der Waals surface area (Å²) in [5.41, 5.74) is -0.636. The number of hydrogen-bond donors (Lipinski definition) is 2. The smallest absolute Gasteiger partial charge is 0.105 e. The van der Waals surface area contributed by atoms with Gasteiger partial charge in [0, 0.05) is 25.6 Å². The highest BCUT2D eigenvalue weighted by Crippen LogP contribution is 2.33. The maximum atomic E-state index is 10.2. The highest BCUT2D eigenvalue weighted by Gasteiger charge is 2.40. The van der Waals surface area contributed by atoms with Crippen LogP contribution in [0.2, 0.25) is 0 Å². The van der Waals surface area contributed by atoms with Crippen LogP contribution in [0.25, 0.3) is 0 Å². The van der Waals surface area contributed by atoms with E-state index in [0.717, 1.165) is 12.3 Å². The van der Waals surface area contributed by atoms with Gasteiger partial charge in [0.2, 0.25) is 0 Å². The maximum absolute atomic E-state index is 10.2. The molecule has 0 aromatic carbocycles. The first-order valence-electron chi connectivity index (χ1n) is 5.69. The number of aliphatic hydroxyl groups is 1. The first kappa shape index (κ1) is 10.4. The second-order valence-corrected chi connectivity index (χ2v) is 4.87. The van der Waals surface area contributed by atoms with Crippen LogP contribution in [0.5, 0.6) is 0 Å². The molecule has 14 heavy (non-hydrogen) atoms. The summed E-state index contributed by atoms with van der Waals surface area (Å²) in [6, 6.07) is 0.548. The van der Waals surface area contributed by atoms with E-state index in [1.165, 1.54) is 12.8 Å². The largest absolute Gasteiger partial charge is 0.386 e. The van der Waals surface area contributed by atoms with Gasteiger partial charge in [0.15, 0.2) is 0 Å². The number of hydrogen-bond acceptors (Lipinski definition) is 3. The minimum absolute atomic E-state index is 0.0265. The Balaban J connectivity index is 1.77. The van der Waals surface area contributed by atoms with Crippen LogP contribution in [0.3, 0.4) is 0 Å². The van der Waals surface area contributed by atoms with Crippen molar-refractivity contribution in [1.29, 1.82) is 0 Å². The lowest BCUT2D eigenvalue weighted by atomic mass is 9.96. The third kappa shape index (κ3) is 2.10. The van der Waals surface area contributed by atoms with Crippen LogP contribution in [0.4, 0.5) is 0 Å². The van der Waals surface area contributed by atoms with Crippen molar-refractivity contribution in [3.63, 3.8) is 0 Å². The van der Waals surface area contributed by atoms with Gasteiger partial charge in [-0.15, -0.1) is 0 Å². The van der Waals surface area contributed by atoms with Crippen LogP contribution >= 0.6 is 0 Å². The first-order valence-corrected chi connectivity index (χ1v) is 5.69. The molecule has 1 heterocycles. The lowest BCUT2D eigenvalue weighted by Gasteiger charge is -2.28. The molecule has 2 N–H and O–H groups in total. The maximum Gasteiger partial charge on any atom is 0.105 e. The molecule has 0 radical (unpaired) electrons. The molecule has 1 aliphatic heterocycles. The fourth-order valence-electron chi connectivity index (χ4n) is 2.10. The molecule has 3 nitrogen and oxygen atoms in total. The molecule has 3 unspecified atom stereocenters. The van der Waals surface area contributed by atoms with E-state index in [-0.39, 0.29) is 6.10 Å². The second kappa shape index (κ2) is 3.80. The first-order chi connectivity index (χ1) is 6.62. The lowest BCUT2D eigenvalue weighted by Crippen LogP contribution is -2.48. The summed E-state index contributed by atoms with van der Waals surface area (Å²) in [6.07, 6.45) is 3.43. The molecule has 1 saturated heterocycles. The molecular formula is C11H21NO2. The van der Waals surface area contributed by atoms with Gasteiger partial charge in [-0.25, -0.2) is 0 Å². The van der Waals surface area contributed by atoms with Crippen molar-refractivity contribution in [2.24, 2.45) is 5.92 Å². The third-order valence-electron chi connectivity index (χ3n) is 3.72. The van der Waals surface area contributed by atoms with Crippen LogP contribution in [-0.4, -0.2) is 36.0 Å². The van der Waals surface area contributed by atoms with Gasteiger partial charge in [-0.1, -0.05) is 0 Å². The molecule has 0 spiro atoms. The van der Waals surface area contributed by atoms with Gasteiger partial charge >= 0.3 is 0 Å². The van der Waals surface area contributed by atoms with Crippen LogP contribution in [-0.2, 0) is 4.74 Å². The van der Waals surface area contributed by atoms with E-state index in [2.05, 4.69) is 12.2 Å². The van der Waals surface area contributed by atoms with E-state index in [9.17, 15) is 5.11 Å². The molecule has 2 fully saturated rings. The number of nitrogens with one attached hydrogen (secondary N) is 1. The van der Waals surface area contributed by atoms with Gasteiger partial charge in [-0.3, -0.25) is 0 Å². The van der Waals surface area contributed by atoms with E-state index < -0.39 is 5.60 Å². The average Bonchev–Trinajstić information content (AvgIpc) is 2.93. The normalized spacial score (nSPS) is 40.1. The second-order valence-electron chi connectivity index (χ2n) is 4.87. The Labute approximate surface area is 85.8 Å². The van der Waals surface area contributed by atoms with E-state index in [4.69, 9.17) is 4.74 Å².